The van der Waals surface area contributed by atoms with Crippen LogP contribution in [0, 0.1) is 5.82 Å². The minimum absolute atomic E-state index is 0.274. The average molecular weight is 248 g/mol. The molecule has 1 aliphatic rings. The van der Waals surface area contributed by atoms with E-state index in [9.17, 15) is 9.50 Å². The van der Waals surface area contributed by atoms with Crippen molar-refractivity contribution in [3.05, 3.63) is 29.7 Å². The number of hydrogen-bond acceptors (Lipinski definition) is 2. The van der Waals surface area contributed by atoms with Gasteiger partial charge in [-0.25, -0.2) is 4.39 Å². The summed E-state index contributed by atoms with van der Waals surface area (Å²) >= 11 is 0. The molecule has 0 spiro atoms. The molecule has 0 atom stereocenters. The summed E-state index contributed by atoms with van der Waals surface area (Å²) in [6, 6.07) is 3.10. The molecule has 96 valence electrons. The zero-order valence-electron chi connectivity index (χ0n) is 10.2. The first-order valence-electron chi connectivity index (χ1n) is 6.45. The summed E-state index contributed by atoms with van der Waals surface area (Å²) in [5.41, 5.74) is 1.70. The summed E-state index contributed by atoms with van der Waals surface area (Å²) in [6.45, 7) is 3.26. The fraction of sp³-hybridized carbons (Fsp3) is 0.429. The van der Waals surface area contributed by atoms with E-state index < -0.39 is 5.82 Å². The lowest BCUT2D eigenvalue weighted by Crippen LogP contribution is -2.21. The molecule has 0 radical (unpaired) electrons. The van der Waals surface area contributed by atoms with E-state index >= 15 is 0 Å². The van der Waals surface area contributed by atoms with Gasteiger partial charge in [-0.15, -0.1) is 0 Å². The van der Waals surface area contributed by atoms with E-state index in [1.165, 1.54) is 18.9 Å². The summed E-state index contributed by atoms with van der Waals surface area (Å²) < 4.78 is 13.9. The number of aromatic amines is 1. The maximum Gasteiger partial charge on any atom is 0.174 e. The molecule has 3 nitrogen and oxygen atoms in total. The molecule has 0 bridgehead atoms. The second-order valence-electron chi connectivity index (χ2n) is 4.93. The Morgan fingerprint density at radius 3 is 2.83 bits per heavy atom. The van der Waals surface area contributed by atoms with Crippen molar-refractivity contribution in [2.75, 3.05) is 19.6 Å². The standard InChI is InChI=1S/C14H17FN2O/c15-14-12(18)4-3-11-13(14)10(9-16-11)5-8-17-6-1-2-7-17/h3-4,9,16,18H,1-2,5-8H2. The molecule has 0 saturated carbocycles. The molecule has 18 heavy (non-hydrogen) atoms. The lowest BCUT2D eigenvalue weighted by molar-refractivity contribution is 0.344. The van der Waals surface area contributed by atoms with Gasteiger partial charge < -0.3 is 15.0 Å². The molecular weight excluding hydrogens is 231 g/mol. The van der Waals surface area contributed by atoms with E-state index in [0.717, 1.165) is 37.1 Å². The van der Waals surface area contributed by atoms with Gasteiger partial charge in [0.15, 0.2) is 11.6 Å². The number of rotatable bonds is 3. The summed E-state index contributed by atoms with van der Waals surface area (Å²) in [6.07, 6.45) is 5.20. The molecule has 0 amide bonds. The summed E-state index contributed by atoms with van der Waals surface area (Å²) in [5, 5.41) is 9.98. The van der Waals surface area contributed by atoms with Crippen LogP contribution in [0.3, 0.4) is 0 Å². The number of aromatic hydroxyl groups is 1. The number of phenolic OH excluding ortho intramolecular Hbond substituents is 1. The van der Waals surface area contributed by atoms with Crippen LogP contribution in [-0.2, 0) is 6.42 Å². The zero-order chi connectivity index (χ0) is 12.5. The molecule has 2 heterocycles. The summed E-state index contributed by atoms with van der Waals surface area (Å²) in [5.74, 6) is -0.783. The fourth-order valence-corrected chi connectivity index (χ4v) is 2.72. The second kappa shape index (κ2) is 4.61. The van der Waals surface area contributed by atoms with Gasteiger partial charge in [0.2, 0.25) is 0 Å². The predicted octanol–water partition coefficient (Wildman–Crippen LogP) is 2.65. The first-order chi connectivity index (χ1) is 8.75. The van der Waals surface area contributed by atoms with Crippen molar-refractivity contribution in [1.82, 2.24) is 9.88 Å². The van der Waals surface area contributed by atoms with E-state index in [2.05, 4.69) is 9.88 Å². The van der Waals surface area contributed by atoms with E-state index in [1.807, 2.05) is 6.20 Å². The second-order valence-corrected chi connectivity index (χ2v) is 4.93. The third-order valence-electron chi connectivity index (χ3n) is 3.74. The maximum absolute atomic E-state index is 13.9. The monoisotopic (exact) mass is 248 g/mol. The van der Waals surface area contributed by atoms with E-state index in [4.69, 9.17) is 0 Å². The van der Waals surface area contributed by atoms with Crippen molar-refractivity contribution in [1.29, 1.82) is 0 Å². The Morgan fingerprint density at radius 2 is 2.06 bits per heavy atom. The number of nitrogens with zero attached hydrogens (tertiary/aromatic N) is 1. The van der Waals surface area contributed by atoms with Crippen molar-refractivity contribution < 1.29 is 9.50 Å². The molecule has 1 aliphatic heterocycles. The van der Waals surface area contributed by atoms with Crippen LogP contribution in [0.5, 0.6) is 5.75 Å². The minimum Gasteiger partial charge on any atom is -0.505 e. The Kier molecular flexibility index (Phi) is 2.96. The van der Waals surface area contributed by atoms with Crippen molar-refractivity contribution in [2.45, 2.75) is 19.3 Å². The summed E-state index contributed by atoms with van der Waals surface area (Å²) in [4.78, 5) is 5.46. The molecule has 1 saturated heterocycles. The topological polar surface area (TPSA) is 39.3 Å². The fourth-order valence-electron chi connectivity index (χ4n) is 2.72. The van der Waals surface area contributed by atoms with Crippen LogP contribution in [0.1, 0.15) is 18.4 Å². The maximum atomic E-state index is 13.9. The Morgan fingerprint density at radius 1 is 1.28 bits per heavy atom. The largest absolute Gasteiger partial charge is 0.505 e. The highest BCUT2D eigenvalue weighted by Gasteiger charge is 2.15. The number of halogens is 1. The van der Waals surface area contributed by atoms with Crippen LogP contribution in [0.4, 0.5) is 4.39 Å². The molecule has 2 N–H and O–H groups in total. The Balaban J connectivity index is 1.85. The summed E-state index contributed by atoms with van der Waals surface area (Å²) in [7, 11) is 0. The number of fused-ring (bicyclic) bond motifs is 1. The predicted molar refractivity (Wildman–Crippen MR) is 69.3 cm³/mol. The highest BCUT2D eigenvalue weighted by Crippen LogP contribution is 2.28. The van der Waals surface area contributed by atoms with Gasteiger partial charge >= 0.3 is 0 Å². The first kappa shape index (κ1) is 11.5. The molecule has 4 heteroatoms. The van der Waals surface area contributed by atoms with Gasteiger partial charge in [-0.2, -0.15) is 0 Å². The molecule has 2 aromatic rings. The van der Waals surface area contributed by atoms with Crippen molar-refractivity contribution in [2.24, 2.45) is 0 Å². The number of nitrogens with one attached hydrogen (secondary N) is 1. The van der Waals surface area contributed by atoms with Crippen LogP contribution in [0.25, 0.3) is 10.9 Å². The van der Waals surface area contributed by atoms with Gasteiger partial charge in [-0.05, 0) is 50.0 Å². The molecule has 1 fully saturated rings. The van der Waals surface area contributed by atoms with Gasteiger partial charge in [-0.3, -0.25) is 0 Å². The van der Waals surface area contributed by atoms with E-state index in [-0.39, 0.29) is 5.75 Å². The van der Waals surface area contributed by atoms with Crippen molar-refractivity contribution in [3.63, 3.8) is 0 Å². The SMILES string of the molecule is Oc1ccc2[nH]cc(CCN3CCCC3)c2c1F. The Bertz CT molecular complexity index is 558. The van der Waals surface area contributed by atoms with Gasteiger partial charge in [0.05, 0.1) is 0 Å². The number of likely N-dealkylation sites (tertiary alicyclic amines) is 1. The third kappa shape index (κ3) is 1.97. The van der Waals surface area contributed by atoms with Crippen molar-refractivity contribution >= 4 is 10.9 Å². The Hall–Kier alpha value is -1.55. The van der Waals surface area contributed by atoms with Crippen LogP contribution >= 0.6 is 0 Å². The number of benzene rings is 1. The number of aromatic nitrogens is 1. The minimum atomic E-state index is -0.509. The molecule has 1 aromatic heterocycles. The average Bonchev–Trinajstić information content (AvgIpc) is 3.00. The quantitative estimate of drug-likeness (QED) is 0.876. The highest BCUT2D eigenvalue weighted by molar-refractivity contribution is 5.85. The van der Waals surface area contributed by atoms with Gasteiger partial charge in [0.1, 0.15) is 0 Å². The van der Waals surface area contributed by atoms with E-state index in [0.29, 0.717) is 5.39 Å². The smallest absolute Gasteiger partial charge is 0.174 e. The molecule has 0 unspecified atom stereocenters. The van der Waals surface area contributed by atoms with Gasteiger partial charge in [-0.1, -0.05) is 0 Å². The first-order valence-corrected chi connectivity index (χ1v) is 6.45. The molecule has 3 rings (SSSR count). The third-order valence-corrected chi connectivity index (χ3v) is 3.74. The van der Waals surface area contributed by atoms with Crippen LogP contribution in [0.2, 0.25) is 0 Å². The van der Waals surface area contributed by atoms with Gasteiger partial charge in [0, 0.05) is 23.6 Å². The van der Waals surface area contributed by atoms with Gasteiger partial charge in [0.25, 0.3) is 0 Å². The van der Waals surface area contributed by atoms with Crippen LogP contribution in [0.15, 0.2) is 18.3 Å². The number of H-pyrrole nitrogens is 1. The van der Waals surface area contributed by atoms with E-state index in [1.54, 1.807) is 6.07 Å². The van der Waals surface area contributed by atoms with Crippen LogP contribution in [-0.4, -0.2) is 34.6 Å². The molecular formula is C14H17FN2O. The molecule has 0 aliphatic carbocycles. The number of hydrogen-bond donors (Lipinski definition) is 2. The normalized spacial score (nSPS) is 16.7. The Labute approximate surface area is 105 Å². The highest BCUT2D eigenvalue weighted by atomic mass is 19.1. The lowest BCUT2D eigenvalue weighted by Gasteiger charge is -2.13. The lowest BCUT2D eigenvalue weighted by atomic mass is 10.1. The van der Waals surface area contributed by atoms with Crippen LogP contribution < -0.4 is 0 Å². The zero-order valence-corrected chi connectivity index (χ0v) is 10.2. The number of phenols is 1. The molecule has 1 aromatic carbocycles. The van der Waals surface area contributed by atoms with Crippen molar-refractivity contribution in [3.8, 4) is 5.75 Å².